The fourth-order valence-corrected chi connectivity index (χ4v) is 2.98. The second kappa shape index (κ2) is 4.50. The zero-order valence-corrected chi connectivity index (χ0v) is 11.6. The van der Waals surface area contributed by atoms with Crippen LogP contribution >= 0.6 is 11.6 Å². The number of hydrogen-bond donors (Lipinski definition) is 2. The van der Waals surface area contributed by atoms with Gasteiger partial charge in [-0.3, -0.25) is 0 Å². The van der Waals surface area contributed by atoms with Crippen molar-refractivity contribution in [2.45, 2.75) is 0 Å². The van der Waals surface area contributed by atoms with Crippen molar-refractivity contribution < 1.29 is 14.5 Å². The molecule has 21 heavy (non-hydrogen) atoms. The summed E-state index contributed by atoms with van der Waals surface area (Å²) in [7, 11) is -1.53. The summed E-state index contributed by atoms with van der Waals surface area (Å²) in [6, 6.07) is 14.7. The van der Waals surface area contributed by atoms with Crippen LogP contribution in [-0.4, -0.2) is 17.2 Å². The predicted octanol–water partition coefficient (Wildman–Crippen LogP) is 3.07. The van der Waals surface area contributed by atoms with Crippen molar-refractivity contribution in [2.75, 3.05) is 0 Å². The zero-order valence-electron chi connectivity index (χ0n) is 10.9. The molecule has 0 saturated carbocycles. The molecule has 3 aromatic carbocycles. The third-order valence-corrected chi connectivity index (χ3v) is 3.99. The highest BCUT2D eigenvalue weighted by Crippen LogP contribution is 2.34. The van der Waals surface area contributed by atoms with E-state index in [1.54, 1.807) is 18.2 Å². The molecule has 4 rings (SSSR count). The second-order valence-corrected chi connectivity index (χ2v) is 5.44. The van der Waals surface area contributed by atoms with Gasteiger partial charge in [0.2, 0.25) is 0 Å². The molecule has 0 aliphatic carbocycles. The van der Waals surface area contributed by atoms with Gasteiger partial charge in [-0.2, -0.15) is 0 Å². The lowest BCUT2D eigenvalue weighted by Gasteiger charge is -2.06. The van der Waals surface area contributed by atoms with E-state index in [0.717, 1.165) is 27.1 Å². The Kier molecular flexibility index (Phi) is 2.72. The van der Waals surface area contributed by atoms with E-state index in [4.69, 9.17) is 16.0 Å². The van der Waals surface area contributed by atoms with E-state index in [9.17, 15) is 10.0 Å². The first-order valence-electron chi connectivity index (χ1n) is 6.55. The lowest BCUT2D eigenvalue weighted by molar-refractivity contribution is 0.426. The Hall–Kier alpha value is -2.01. The molecule has 4 aromatic rings. The van der Waals surface area contributed by atoms with Crippen LogP contribution in [0.4, 0.5) is 0 Å². The summed E-state index contributed by atoms with van der Waals surface area (Å²) in [6.07, 6.45) is 0. The summed E-state index contributed by atoms with van der Waals surface area (Å²) in [5.74, 6) is 0. The van der Waals surface area contributed by atoms with Crippen molar-refractivity contribution in [3.05, 3.63) is 53.6 Å². The van der Waals surface area contributed by atoms with Crippen LogP contribution in [0.5, 0.6) is 0 Å². The quantitative estimate of drug-likeness (QED) is 0.531. The number of benzene rings is 3. The van der Waals surface area contributed by atoms with E-state index in [2.05, 4.69) is 0 Å². The Bertz CT molecular complexity index is 991. The molecule has 1 aromatic heterocycles. The van der Waals surface area contributed by atoms with E-state index in [1.165, 1.54) is 0 Å². The molecule has 102 valence electrons. The highest BCUT2D eigenvalue weighted by Gasteiger charge is 2.19. The zero-order chi connectivity index (χ0) is 14.6. The van der Waals surface area contributed by atoms with Gasteiger partial charge in [0.05, 0.1) is 0 Å². The van der Waals surface area contributed by atoms with Crippen LogP contribution in [0.15, 0.2) is 52.9 Å². The summed E-state index contributed by atoms with van der Waals surface area (Å²) in [6.45, 7) is 0. The molecule has 0 aliphatic heterocycles. The maximum Gasteiger partial charge on any atom is 0.489 e. The monoisotopic (exact) mass is 296 g/mol. The van der Waals surface area contributed by atoms with E-state index < -0.39 is 7.12 Å². The lowest BCUT2D eigenvalue weighted by Crippen LogP contribution is -2.30. The highest BCUT2D eigenvalue weighted by molar-refractivity contribution is 6.62. The summed E-state index contributed by atoms with van der Waals surface area (Å²) in [5.41, 5.74) is 1.88. The maximum atomic E-state index is 9.64. The van der Waals surface area contributed by atoms with Crippen LogP contribution in [-0.2, 0) is 0 Å². The third kappa shape index (κ3) is 1.84. The summed E-state index contributed by atoms with van der Waals surface area (Å²) in [5, 5.41) is 23.3. The Morgan fingerprint density at radius 3 is 2.38 bits per heavy atom. The van der Waals surface area contributed by atoms with Crippen molar-refractivity contribution in [1.82, 2.24) is 0 Å². The van der Waals surface area contributed by atoms with Crippen molar-refractivity contribution in [2.24, 2.45) is 0 Å². The van der Waals surface area contributed by atoms with Crippen molar-refractivity contribution in [3.63, 3.8) is 0 Å². The third-order valence-electron chi connectivity index (χ3n) is 3.75. The SMILES string of the molecule is OB(O)c1cc2c3ccc(Cl)cc3oc2c2ccccc12. The van der Waals surface area contributed by atoms with E-state index in [1.807, 2.05) is 30.3 Å². The van der Waals surface area contributed by atoms with Gasteiger partial charge >= 0.3 is 7.12 Å². The van der Waals surface area contributed by atoms with Crippen molar-refractivity contribution in [1.29, 1.82) is 0 Å². The second-order valence-electron chi connectivity index (χ2n) is 5.00. The molecule has 0 radical (unpaired) electrons. The van der Waals surface area contributed by atoms with Crippen LogP contribution in [0, 0.1) is 0 Å². The fourth-order valence-electron chi connectivity index (χ4n) is 2.81. The van der Waals surface area contributed by atoms with E-state index in [0.29, 0.717) is 16.1 Å². The van der Waals surface area contributed by atoms with Gasteiger partial charge in [-0.05, 0) is 23.0 Å². The van der Waals surface area contributed by atoms with Crippen LogP contribution in [0.2, 0.25) is 5.02 Å². The summed E-state index contributed by atoms with van der Waals surface area (Å²) in [4.78, 5) is 0. The molecule has 3 nitrogen and oxygen atoms in total. The average Bonchev–Trinajstić information content (AvgIpc) is 2.83. The topological polar surface area (TPSA) is 53.6 Å². The number of fused-ring (bicyclic) bond motifs is 5. The van der Waals surface area contributed by atoms with Gasteiger partial charge in [0.15, 0.2) is 0 Å². The van der Waals surface area contributed by atoms with E-state index in [-0.39, 0.29) is 0 Å². The smallest absolute Gasteiger partial charge is 0.455 e. The van der Waals surface area contributed by atoms with Crippen LogP contribution in [0.3, 0.4) is 0 Å². The minimum atomic E-state index is -1.53. The molecule has 2 N–H and O–H groups in total. The first kappa shape index (κ1) is 12.7. The standard InChI is InChI=1S/C16H10BClO3/c18-9-5-6-11-13-8-14(17(19)20)10-3-1-2-4-12(10)16(13)21-15(11)7-9/h1-8,19-20H. The summed E-state index contributed by atoms with van der Waals surface area (Å²) >= 11 is 6.01. The Labute approximate surface area is 125 Å². The molecule has 0 atom stereocenters. The molecule has 0 unspecified atom stereocenters. The van der Waals surface area contributed by atoms with Gasteiger partial charge in [-0.15, -0.1) is 0 Å². The minimum absolute atomic E-state index is 0.468. The molecular formula is C16H10BClO3. The fraction of sp³-hybridized carbons (Fsp3) is 0. The molecule has 0 amide bonds. The van der Waals surface area contributed by atoms with Gasteiger partial charge in [-0.25, -0.2) is 0 Å². The lowest BCUT2D eigenvalue weighted by atomic mass is 9.76. The first-order valence-corrected chi connectivity index (χ1v) is 6.92. The van der Waals surface area contributed by atoms with Crippen LogP contribution in [0.1, 0.15) is 0 Å². The Morgan fingerprint density at radius 2 is 1.62 bits per heavy atom. The van der Waals surface area contributed by atoms with Gasteiger partial charge in [-0.1, -0.05) is 41.9 Å². The number of halogens is 1. The number of rotatable bonds is 1. The maximum absolute atomic E-state index is 9.64. The number of hydrogen-bond acceptors (Lipinski definition) is 3. The molecule has 5 heteroatoms. The van der Waals surface area contributed by atoms with Crippen molar-refractivity contribution in [3.8, 4) is 0 Å². The Morgan fingerprint density at radius 1 is 0.857 bits per heavy atom. The molecule has 0 saturated heterocycles. The molecule has 0 aliphatic rings. The van der Waals surface area contributed by atoms with Gasteiger partial charge in [0.1, 0.15) is 11.2 Å². The normalized spacial score (nSPS) is 11.6. The van der Waals surface area contributed by atoms with Crippen LogP contribution in [0.25, 0.3) is 32.7 Å². The number of furan rings is 1. The first-order chi connectivity index (χ1) is 10.1. The molecular weight excluding hydrogens is 286 g/mol. The summed E-state index contributed by atoms with van der Waals surface area (Å²) < 4.78 is 5.93. The van der Waals surface area contributed by atoms with Crippen molar-refractivity contribution >= 4 is 56.9 Å². The largest absolute Gasteiger partial charge is 0.489 e. The Balaban J connectivity index is 2.27. The molecule has 1 heterocycles. The molecule has 0 fully saturated rings. The van der Waals surface area contributed by atoms with Gasteiger partial charge in [0, 0.05) is 27.2 Å². The van der Waals surface area contributed by atoms with Gasteiger partial charge in [0.25, 0.3) is 0 Å². The predicted molar refractivity (Wildman–Crippen MR) is 86.1 cm³/mol. The highest BCUT2D eigenvalue weighted by atomic mass is 35.5. The van der Waals surface area contributed by atoms with Gasteiger partial charge < -0.3 is 14.5 Å². The molecule has 0 bridgehead atoms. The van der Waals surface area contributed by atoms with E-state index >= 15 is 0 Å². The molecule has 0 spiro atoms. The van der Waals surface area contributed by atoms with Crippen LogP contribution < -0.4 is 5.46 Å². The minimum Gasteiger partial charge on any atom is -0.455 e. The average molecular weight is 297 g/mol.